The molecule has 0 rings (SSSR count). The van der Waals surface area contributed by atoms with Crippen molar-refractivity contribution in [2.45, 2.75) is 167 Å². The van der Waals surface area contributed by atoms with Crippen LogP contribution in [0.3, 0.4) is 0 Å². The van der Waals surface area contributed by atoms with Crippen LogP contribution in [-0.4, -0.2) is 0 Å². The maximum Gasteiger partial charge on any atom is -0.0351 e. The number of allylic oxidation sites excluding steroid dienone is 2. The van der Waals surface area contributed by atoms with E-state index in [1.165, 1.54) is 154 Å². The van der Waals surface area contributed by atoms with Crippen molar-refractivity contribution in [1.29, 1.82) is 0 Å². The normalized spacial score (nSPS) is 11.7. The summed E-state index contributed by atoms with van der Waals surface area (Å²) in [7, 11) is 0. The summed E-state index contributed by atoms with van der Waals surface area (Å²) in [4.78, 5) is 0. The molecule has 0 N–H and O–H groups in total. The lowest BCUT2D eigenvalue weighted by atomic mass is 10.0. The molecule has 0 atom stereocenters. The summed E-state index contributed by atoms with van der Waals surface area (Å²) in [5.41, 5.74) is 0. The molecule has 0 nitrogen and oxygen atoms in total. The fourth-order valence-corrected chi connectivity index (χ4v) is 4.30. The first-order valence-electron chi connectivity index (χ1n) is 14.1. The zero-order valence-electron chi connectivity index (χ0n) is 21.0. The van der Waals surface area contributed by atoms with E-state index in [4.69, 9.17) is 0 Å². The predicted molar refractivity (Wildman–Crippen MR) is 140 cm³/mol. The average molecular weight is 419 g/mol. The first-order valence-corrected chi connectivity index (χ1v) is 14.1. The van der Waals surface area contributed by atoms with Crippen LogP contribution in [0.2, 0.25) is 0 Å². The molecule has 0 aliphatic carbocycles. The van der Waals surface area contributed by atoms with Gasteiger partial charge in [-0.2, -0.15) is 0 Å². The molecule has 0 amide bonds. The van der Waals surface area contributed by atoms with Crippen molar-refractivity contribution >= 4 is 0 Å². The van der Waals surface area contributed by atoms with Crippen molar-refractivity contribution in [2.24, 2.45) is 0 Å². The SMILES string of the molecule is [CH2]CCCCCCCCCCCCC/C=C/CCCCCCCCCCCCC[CH2]. The fourth-order valence-electron chi connectivity index (χ4n) is 4.30. The molecule has 0 aromatic rings. The van der Waals surface area contributed by atoms with Crippen LogP contribution in [-0.2, 0) is 0 Å². The van der Waals surface area contributed by atoms with Crippen molar-refractivity contribution in [3.8, 4) is 0 Å². The second kappa shape index (κ2) is 28.7. The predicted octanol–water partition coefficient (Wildman–Crippen LogP) is 11.4. The van der Waals surface area contributed by atoms with Gasteiger partial charge in [-0.25, -0.2) is 0 Å². The lowest BCUT2D eigenvalue weighted by Gasteiger charge is -2.02. The minimum Gasteiger partial charge on any atom is -0.0885 e. The summed E-state index contributed by atoms with van der Waals surface area (Å²) in [6.07, 6.45) is 41.2. The van der Waals surface area contributed by atoms with Gasteiger partial charge in [0, 0.05) is 0 Å². The third kappa shape index (κ3) is 27.7. The third-order valence-corrected chi connectivity index (χ3v) is 6.41. The minimum atomic E-state index is 1.12. The van der Waals surface area contributed by atoms with Crippen LogP contribution in [0.5, 0.6) is 0 Å². The van der Waals surface area contributed by atoms with E-state index in [1.807, 2.05) is 0 Å². The van der Waals surface area contributed by atoms with Crippen molar-refractivity contribution in [3.05, 3.63) is 26.0 Å². The molecule has 178 valence electrons. The molecule has 0 heterocycles. The molecule has 0 saturated heterocycles. The standard InChI is InChI=1S/C30H58/c1-3-5-7-9-11-13-15-17-19-21-23-25-27-29-30-28-26-24-22-20-18-16-14-12-10-8-6-4-2/h29-30H,1-28H2/b30-29+. The molecule has 0 saturated carbocycles. The monoisotopic (exact) mass is 418 g/mol. The van der Waals surface area contributed by atoms with Crippen molar-refractivity contribution in [2.75, 3.05) is 0 Å². The van der Waals surface area contributed by atoms with E-state index in [9.17, 15) is 0 Å². The van der Waals surface area contributed by atoms with Crippen molar-refractivity contribution in [3.63, 3.8) is 0 Å². The molecule has 30 heavy (non-hydrogen) atoms. The second-order valence-corrected chi connectivity index (χ2v) is 9.53. The van der Waals surface area contributed by atoms with Crippen LogP contribution in [0.1, 0.15) is 167 Å². The van der Waals surface area contributed by atoms with Gasteiger partial charge in [0.2, 0.25) is 0 Å². The van der Waals surface area contributed by atoms with Crippen LogP contribution in [0.4, 0.5) is 0 Å². The molecule has 0 heteroatoms. The number of hydrogen-bond donors (Lipinski definition) is 0. The van der Waals surface area contributed by atoms with Gasteiger partial charge in [0.15, 0.2) is 0 Å². The number of rotatable bonds is 26. The Labute approximate surface area is 193 Å². The van der Waals surface area contributed by atoms with E-state index >= 15 is 0 Å². The summed E-state index contributed by atoms with van der Waals surface area (Å²) in [5.74, 6) is 0. The fraction of sp³-hybridized carbons (Fsp3) is 0.867. The molecule has 0 aliphatic heterocycles. The van der Waals surface area contributed by atoms with Crippen LogP contribution >= 0.6 is 0 Å². The van der Waals surface area contributed by atoms with E-state index in [1.54, 1.807) is 0 Å². The quantitative estimate of drug-likeness (QED) is 0.0967. The van der Waals surface area contributed by atoms with Gasteiger partial charge in [0.05, 0.1) is 0 Å². The van der Waals surface area contributed by atoms with Crippen molar-refractivity contribution < 1.29 is 0 Å². The van der Waals surface area contributed by atoms with E-state index in [2.05, 4.69) is 26.0 Å². The highest BCUT2D eigenvalue weighted by molar-refractivity contribution is 4.81. The maximum atomic E-state index is 3.91. The Bertz CT molecular complexity index is 273. The van der Waals surface area contributed by atoms with Gasteiger partial charge in [-0.3, -0.25) is 0 Å². The van der Waals surface area contributed by atoms with E-state index in [-0.39, 0.29) is 0 Å². The van der Waals surface area contributed by atoms with Gasteiger partial charge >= 0.3 is 0 Å². The third-order valence-electron chi connectivity index (χ3n) is 6.41. The molecule has 0 spiro atoms. The second-order valence-electron chi connectivity index (χ2n) is 9.53. The van der Waals surface area contributed by atoms with Gasteiger partial charge in [0.25, 0.3) is 0 Å². The zero-order chi connectivity index (χ0) is 21.8. The van der Waals surface area contributed by atoms with Crippen LogP contribution < -0.4 is 0 Å². The molecule has 0 aromatic heterocycles. The summed E-state index contributed by atoms with van der Waals surface area (Å²) >= 11 is 0. The Morgan fingerprint density at radius 3 is 0.700 bits per heavy atom. The Kier molecular flexibility index (Phi) is 28.5. The van der Waals surface area contributed by atoms with E-state index in [0.717, 1.165) is 12.8 Å². The van der Waals surface area contributed by atoms with Crippen molar-refractivity contribution in [1.82, 2.24) is 0 Å². The first-order chi connectivity index (χ1) is 14.9. The van der Waals surface area contributed by atoms with Gasteiger partial charge < -0.3 is 0 Å². The molecule has 0 bridgehead atoms. The van der Waals surface area contributed by atoms with Gasteiger partial charge in [-0.05, 0) is 25.7 Å². The molecular weight excluding hydrogens is 360 g/mol. The molecule has 2 radical (unpaired) electrons. The van der Waals surface area contributed by atoms with E-state index in [0.29, 0.717) is 0 Å². The Morgan fingerprint density at radius 1 is 0.267 bits per heavy atom. The summed E-state index contributed by atoms with van der Waals surface area (Å²) in [6, 6.07) is 0. The Balaban J connectivity index is 3.06. The van der Waals surface area contributed by atoms with Gasteiger partial charge in [-0.1, -0.05) is 167 Å². The topological polar surface area (TPSA) is 0 Å². The van der Waals surface area contributed by atoms with Gasteiger partial charge in [0.1, 0.15) is 0 Å². The lowest BCUT2D eigenvalue weighted by molar-refractivity contribution is 0.546. The molecule has 0 aromatic carbocycles. The first kappa shape index (κ1) is 29.7. The van der Waals surface area contributed by atoms with Gasteiger partial charge in [-0.15, -0.1) is 0 Å². The summed E-state index contributed by atoms with van der Waals surface area (Å²) in [6.45, 7) is 7.82. The Morgan fingerprint density at radius 2 is 0.467 bits per heavy atom. The molecule has 0 aliphatic rings. The summed E-state index contributed by atoms with van der Waals surface area (Å²) < 4.78 is 0. The van der Waals surface area contributed by atoms with Crippen LogP contribution in [0.15, 0.2) is 12.2 Å². The van der Waals surface area contributed by atoms with E-state index < -0.39 is 0 Å². The lowest BCUT2D eigenvalue weighted by Crippen LogP contribution is -1.83. The smallest absolute Gasteiger partial charge is 0.0351 e. The average Bonchev–Trinajstić information content (AvgIpc) is 2.76. The summed E-state index contributed by atoms with van der Waals surface area (Å²) in [5, 5.41) is 0. The molecule has 0 fully saturated rings. The Hall–Kier alpha value is -0.260. The van der Waals surface area contributed by atoms with Crippen LogP contribution in [0, 0.1) is 13.8 Å². The highest BCUT2D eigenvalue weighted by Crippen LogP contribution is 2.14. The maximum absolute atomic E-state index is 3.91. The largest absolute Gasteiger partial charge is 0.0885 e. The highest BCUT2D eigenvalue weighted by Gasteiger charge is 1.94. The molecular formula is C30H58. The number of hydrogen-bond acceptors (Lipinski definition) is 0. The molecule has 0 unspecified atom stereocenters. The zero-order valence-corrected chi connectivity index (χ0v) is 21.0. The van der Waals surface area contributed by atoms with Crippen LogP contribution in [0.25, 0.3) is 0 Å². The minimum absolute atomic E-state index is 1.12. The number of unbranched alkanes of at least 4 members (excludes halogenated alkanes) is 24. The highest BCUT2D eigenvalue weighted by atomic mass is 14.0.